The van der Waals surface area contributed by atoms with Gasteiger partial charge in [0.2, 0.25) is 0 Å². The lowest BCUT2D eigenvalue weighted by Gasteiger charge is -2.14. The quantitative estimate of drug-likeness (QED) is 0.172. The fraction of sp³-hybridized carbons (Fsp3) is 0. The minimum absolute atomic E-state index is 0.699. The molecule has 0 bridgehead atoms. The first-order valence-corrected chi connectivity index (χ1v) is 17.5. The summed E-state index contributed by atoms with van der Waals surface area (Å²) in [4.78, 5) is 20.6. The van der Waals surface area contributed by atoms with E-state index in [4.69, 9.17) is 19.9 Å². The summed E-state index contributed by atoms with van der Waals surface area (Å²) < 4.78 is 0. The van der Waals surface area contributed by atoms with Gasteiger partial charge in [-0.25, -0.2) is 19.9 Å². The third kappa shape index (κ3) is 5.17. The summed E-state index contributed by atoms with van der Waals surface area (Å²) in [7, 11) is 0. The van der Waals surface area contributed by atoms with Gasteiger partial charge in [-0.3, -0.25) is 0 Å². The van der Waals surface area contributed by atoms with Crippen LogP contribution in [-0.4, -0.2) is 19.9 Å². The highest BCUT2D eigenvalue weighted by atomic mass is 14.9. The Labute approximate surface area is 300 Å². The largest absolute Gasteiger partial charge is 0.228 e. The molecule has 0 amide bonds. The van der Waals surface area contributed by atoms with Crippen molar-refractivity contribution in [2.45, 2.75) is 0 Å². The van der Waals surface area contributed by atoms with E-state index in [9.17, 15) is 0 Å². The maximum atomic E-state index is 5.30. The molecule has 10 aromatic rings. The average Bonchev–Trinajstić information content (AvgIpc) is 3.23. The number of rotatable bonds is 5. The molecule has 0 unspecified atom stereocenters. The van der Waals surface area contributed by atoms with Gasteiger partial charge in [-0.2, -0.15) is 0 Å². The summed E-state index contributed by atoms with van der Waals surface area (Å²) in [5.74, 6) is 1.41. The number of fused-ring (bicyclic) bond motifs is 5. The molecule has 242 valence electrons. The lowest BCUT2D eigenvalue weighted by molar-refractivity contribution is 1.23. The van der Waals surface area contributed by atoms with Crippen LogP contribution in [0.5, 0.6) is 0 Å². The van der Waals surface area contributed by atoms with E-state index in [2.05, 4.69) is 158 Å². The van der Waals surface area contributed by atoms with Crippen LogP contribution in [0.25, 0.3) is 99.8 Å². The van der Waals surface area contributed by atoms with Crippen molar-refractivity contribution in [3.05, 3.63) is 182 Å². The molecule has 0 aliphatic carbocycles. The van der Waals surface area contributed by atoms with E-state index >= 15 is 0 Å². The summed E-state index contributed by atoms with van der Waals surface area (Å²) in [5.41, 5.74) is 9.94. The van der Waals surface area contributed by atoms with Crippen LogP contribution in [0, 0.1) is 0 Å². The number of para-hydroxylation sites is 2. The number of nitrogens with zero attached hydrogens (tertiary/aromatic N) is 4. The first kappa shape index (κ1) is 29.8. The maximum Gasteiger partial charge on any atom is 0.161 e. The lowest BCUT2D eigenvalue weighted by atomic mass is 9.96. The smallest absolute Gasteiger partial charge is 0.161 e. The summed E-state index contributed by atoms with van der Waals surface area (Å²) >= 11 is 0. The van der Waals surface area contributed by atoms with Crippen LogP contribution in [0.15, 0.2) is 182 Å². The number of hydrogen-bond acceptors (Lipinski definition) is 4. The van der Waals surface area contributed by atoms with Gasteiger partial charge in [-0.05, 0) is 56.9 Å². The van der Waals surface area contributed by atoms with E-state index in [0.717, 1.165) is 72.0 Å². The second-order valence-electron chi connectivity index (χ2n) is 13.0. The third-order valence-corrected chi connectivity index (χ3v) is 9.88. The molecule has 0 fully saturated rings. The standard InChI is InChI=1S/C48H30N4/c1-2-13-31(14-3-1)34-16-12-17-36(29-34)47-49-43-23-10-8-21-40(43)45(51-47)32-25-27-33(28-26-32)46-41-22-9-11-24-44(41)50-48(52-46)42-30-35-15-4-5-18-37(35)38-19-6-7-20-39(38)42/h1-30H. The van der Waals surface area contributed by atoms with Gasteiger partial charge >= 0.3 is 0 Å². The zero-order valence-electron chi connectivity index (χ0n) is 28.1. The van der Waals surface area contributed by atoms with E-state index in [-0.39, 0.29) is 0 Å². The third-order valence-electron chi connectivity index (χ3n) is 9.88. The molecule has 0 radical (unpaired) electrons. The second kappa shape index (κ2) is 12.4. The van der Waals surface area contributed by atoms with Crippen molar-refractivity contribution in [1.82, 2.24) is 19.9 Å². The first-order chi connectivity index (χ1) is 25.8. The average molecular weight is 663 g/mol. The Hall–Kier alpha value is -7.04. The van der Waals surface area contributed by atoms with E-state index in [1.807, 2.05) is 24.3 Å². The Morgan fingerprint density at radius 3 is 1.46 bits per heavy atom. The van der Waals surface area contributed by atoms with Gasteiger partial charge in [0.1, 0.15) is 0 Å². The molecule has 0 N–H and O–H groups in total. The Morgan fingerprint density at radius 1 is 0.269 bits per heavy atom. The van der Waals surface area contributed by atoms with Crippen molar-refractivity contribution in [3.63, 3.8) is 0 Å². The normalized spacial score (nSPS) is 11.5. The summed E-state index contributed by atoms with van der Waals surface area (Å²) in [5, 5.41) is 6.75. The molecule has 0 atom stereocenters. The molecule has 0 aliphatic heterocycles. The molecule has 0 saturated heterocycles. The van der Waals surface area contributed by atoms with Crippen molar-refractivity contribution in [3.8, 4) is 56.4 Å². The Morgan fingerprint density at radius 2 is 0.769 bits per heavy atom. The monoisotopic (exact) mass is 662 g/mol. The molecule has 2 heterocycles. The van der Waals surface area contributed by atoms with E-state index < -0.39 is 0 Å². The van der Waals surface area contributed by atoms with Gasteiger partial charge in [0, 0.05) is 33.0 Å². The molecule has 10 rings (SSSR count). The zero-order valence-corrected chi connectivity index (χ0v) is 28.1. The van der Waals surface area contributed by atoms with Crippen molar-refractivity contribution in [2.75, 3.05) is 0 Å². The second-order valence-corrected chi connectivity index (χ2v) is 13.0. The predicted molar refractivity (Wildman–Crippen MR) is 215 cm³/mol. The molecule has 4 heteroatoms. The number of benzene rings is 8. The van der Waals surface area contributed by atoms with Crippen molar-refractivity contribution in [2.24, 2.45) is 0 Å². The van der Waals surface area contributed by atoms with E-state index in [0.29, 0.717) is 11.6 Å². The molecular formula is C48H30N4. The topological polar surface area (TPSA) is 51.6 Å². The van der Waals surface area contributed by atoms with Crippen LogP contribution in [0.4, 0.5) is 0 Å². The Bertz CT molecular complexity index is 2950. The highest BCUT2D eigenvalue weighted by molar-refractivity contribution is 6.13. The van der Waals surface area contributed by atoms with Crippen LogP contribution >= 0.6 is 0 Å². The van der Waals surface area contributed by atoms with E-state index in [1.54, 1.807) is 0 Å². The first-order valence-electron chi connectivity index (χ1n) is 17.5. The number of aromatic nitrogens is 4. The molecule has 2 aromatic heterocycles. The van der Waals surface area contributed by atoms with Crippen LogP contribution in [0.2, 0.25) is 0 Å². The minimum Gasteiger partial charge on any atom is -0.228 e. The lowest BCUT2D eigenvalue weighted by Crippen LogP contribution is -1.97. The molecule has 4 nitrogen and oxygen atoms in total. The van der Waals surface area contributed by atoms with Gasteiger partial charge in [0.05, 0.1) is 22.4 Å². The van der Waals surface area contributed by atoms with Gasteiger partial charge in [0.15, 0.2) is 11.6 Å². The van der Waals surface area contributed by atoms with Crippen LogP contribution in [0.3, 0.4) is 0 Å². The van der Waals surface area contributed by atoms with Gasteiger partial charge in [-0.15, -0.1) is 0 Å². The molecule has 8 aromatic carbocycles. The summed E-state index contributed by atoms with van der Waals surface area (Å²) in [6, 6.07) is 63.3. The fourth-order valence-electron chi connectivity index (χ4n) is 7.34. The molecule has 0 aliphatic rings. The van der Waals surface area contributed by atoms with Crippen LogP contribution in [0.1, 0.15) is 0 Å². The highest BCUT2D eigenvalue weighted by Gasteiger charge is 2.17. The van der Waals surface area contributed by atoms with Crippen molar-refractivity contribution < 1.29 is 0 Å². The molecule has 52 heavy (non-hydrogen) atoms. The van der Waals surface area contributed by atoms with Gasteiger partial charge in [0.25, 0.3) is 0 Å². The van der Waals surface area contributed by atoms with Crippen molar-refractivity contribution >= 4 is 43.4 Å². The highest BCUT2D eigenvalue weighted by Crippen LogP contribution is 2.37. The predicted octanol–water partition coefficient (Wildman–Crippen LogP) is 12.2. The van der Waals surface area contributed by atoms with Crippen LogP contribution < -0.4 is 0 Å². The molecule has 0 saturated carbocycles. The number of hydrogen-bond donors (Lipinski definition) is 0. The fourth-order valence-corrected chi connectivity index (χ4v) is 7.34. The summed E-state index contributed by atoms with van der Waals surface area (Å²) in [6.45, 7) is 0. The van der Waals surface area contributed by atoms with Gasteiger partial charge < -0.3 is 0 Å². The van der Waals surface area contributed by atoms with Crippen molar-refractivity contribution in [1.29, 1.82) is 0 Å². The zero-order chi connectivity index (χ0) is 34.4. The van der Waals surface area contributed by atoms with Crippen LogP contribution in [-0.2, 0) is 0 Å². The SMILES string of the molecule is c1ccc(-c2cccc(-c3nc(-c4ccc(-c5nc(-c6cc7ccccc7c7ccccc67)nc6ccccc56)cc4)c4ccccc4n3)c2)cc1. The van der Waals surface area contributed by atoms with E-state index in [1.165, 1.54) is 16.2 Å². The molecular weight excluding hydrogens is 633 g/mol. The summed E-state index contributed by atoms with van der Waals surface area (Å²) in [6.07, 6.45) is 0. The maximum absolute atomic E-state index is 5.30. The molecule has 0 spiro atoms. The van der Waals surface area contributed by atoms with Gasteiger partial charge in [-0.1, -0.05) is 158 Å². The minimum atomic E-state index is 0.699. The Kier molecular flexibility index (Phi) is 7.10. The Balaban J connectivity index is 1.10.